The SMILES string of the molecule is C#CC(=C)CCCCC. The number of terminal acetylenes is 1. The minimum absolute atomic E-state index is 0.934. The lowest BCUT2D eigenvalue weighted by molar-refractivity contribution is 0.722. The van der Waals surface area contributed by atoms with E-state index in [-0.39, 0.29) is 0 Å². The Morgan fingerprint density at radius 3 is 2.67 bits per heavy atom. The second-order valence-electron chi connectivity index (χ2n) is 2.20. The molecule has 0 radical (unpaired) electrons. The minimum atomic E-state index is 0.934. The predicted molar refractivity (Wildman–Crippen MR) is 42.1 cm³/mol. The maximum absolute atomic E-state index is 5.10. The molecule has 0 aromatic heterocycles. The molecule has 0 aliphatic carbocycles. The smallest absolute Gasteiger partial charge is 0.00542 e. The first-order valence-corrected chi connectivity index (χ1v) is 3.45. The highest BCUT2D eigenvalue weighted by Gasteiger charge is 1.87. The Morgan fingerprint density at radius 2 is 2.22 bits per heavy atom. The van der Waals surface area contributed by atoms with Crippen molar-refractivity contribution in [2.75, 3.05) is 0 Å². The van der Waals surface area contributed by atoms with Crippen molar-refractivity contribution in [3.8, 4) is 12.3 Å². The molecule has 0 aromatic rings. The molecular weight excluding hydrogens is 108 g/mol. The zero-order valence-electron chi connectivity index (χ0n) is 6.11. The molecule has 0 aliphatic heterocycles. The van der Waals surface area contributed by atoms with Crippen LogP contribution < -0.4 is 0 Å². The second kappa shape index (κ2) is 5.44. The van der Waals surface area contributed by atoms with E-state index >= 15 is 0 Å². The van der Waals surface area contributed by atoms with Crippen molar-refractivity contribution in [2.45, 2.75) is 32.6 Å². The third-order valence-electron chi connectivity index (χ3n) is 1.29. The van der Waals surface area contributed by atoms with Crippen LogP contribution in [0.25, 0.3) is 0 Å². The summed E-state index contributed by atoms with van der Waals surface area (Å²) in [6, 6.07) is 0. The molecule has 0 amide bonds. The van der Waals surface area contributed by atoms with E-state index in [2.05, 4.69) is 19.4 Å². The first kappa shape index (κ1) is 8.30. The Morgan fingerprint density at radius 1 is 1.56 bits per heavy atom. The average molecular weight is 122 g/mol. The minimum Gasteiger partial charge on any atom is -0.115 e. The summed E-state index contributed by atoms with van der Waals surface area (Å²) in [4.78, 5) is 0. The molecule has 0 fully saturated rings. The van der Waals surface area contributed by atoms with Gasteiger partial charge in [-0.3, -0.25) is 0 Å². The van der Waals surface area contributed by atoms with Gasteiger partial charge in [0.25, 0.3) is 0 Å². The summed E-state index contributed by atoms with van der Waals surface area (Å²) in [6.45, 7) is 5.89. The van der Waals surface area contributed by atoms with E-state index < -0.39 is 0 Å². The van der Waals surface area contributed by atoms with Crippen molar-refractivity contribution in [3.63, 3.8) is 0 Å². The van der Waals surface area contributed by atoms with E-state index in [9.17, 15) is 0 Å². The maximum atomic E-state index is 5.10. The van der Waals surface area contributed by atoms with Crippen LogP contribution in [0.5, 0.6) is 0 Å². The number of hydrogen-bond acceptors (Lipinski definition) is 0. The average Bonchev–Trinajstić information content (AvgIpc) is 1.89. The zero-order chi connectivity index (χ0) is 7.11. The molecule has 0 bridgehead atoms. The van der Waals surface area contributed by atoms with Crippen molar-refractivity contribution in [3.05, 3.63) is 12.2 Å². The molecule has 0 aliphatic rings. The van der Waals surface area contributed by atoms with Gasteiger partial charge in [0.1, 0.15) is 0 Å². The Hall–Kier alpha value is -0.700. The Labute approximate surface area is 58.0 Å². The van der Waals surface area contributed by atoms with E-state index in [0.29, 0.717) is 0 Å². The molecule has 9 heavy (non-hydrogen) atoms. The third kappa shape index (κ3) is 5.17. The van der Waals surface area contributed by atoms with Crippen LogP contribution in [0.3, 0.4) is 0 Å². The van der Waals surface area contributed by atoms with Gasteiger partial charge in [-0.15, -0.1) is 6.42 Å². The highest BCUT2D eigenvalue weighted by Crippen LogP contribution is 2.04. The van der Waals surface area contributed by atoms with Crippen molar-refractivity contribution in [1.29, 1.82) is 0 Å². The van der Waals surface area contributed by atoms with Gasteiger partial charge in [0.2, 0.25) is 0 Å². The van der Waals surface area contributed by atoms with Crippen LogP contribution in [0.2, 0.25) is 0 Å². The molecule has 0 N–H and O–H groups in total. The van der Waals surface area contributed by atoms with Gasteiger partial charge in [0, 0.05) is 0 Å². The maximum Gasteiger partial charge on any atom is -0.00542 e. The first-order valence-electron chi connectivity index (χ1n) is 3.45. The molecule has 0 heteroatoms. The monoisotopic (exact) mass is 122 g/mol. The Balaban J connectivity index is 3.10. The molecular formula is C9H14. The molecule has 0 unspecified atom stereocenters. The lowest BCUT2D eigenvalue weighted by atomic mass is 10.1. The first-order chi connectivity index (χ1) is 4.31. The van der Waals surface area contributed by atoms with Crippen LogP contribution in [-0.4, -0.2) is 0 Å². The highest BCUT2D eigenvalue weighted by molar-refractivity contribution is 5.20. The Bertz CT molecular complexity index is 114. The summed E-state index contributed by atoms with van der Waals surface area (Å²) >= 11 is 0. The molecule has 0 heterocycles. The van der Waals surface area contributed by atoms with E-state index in [0.717, 1.165) is 12.0 Å². The van der Waals surface area contributed by atoms with E-state index in [1.807, 2.05) is 0 Å². The fourth-order valence-electron chi connectivity index (χ4n) is 0.661. The van der Waals surface area contributed by atoms with E-state index in [1.165, 1.54) is 19.3 Å². The number of hydrogen-bond donors (Lipinski definition) is 0. The van der Waals surface area contributed by atoms with Crippen LogP contribution in [0.4, 0.5) is 0 Å². The molecule has 0 rings (SSSR count). The molecule has 0 saturated heterocycles. The number of allylic oxidation sites excluding steroid dienone is 1. The topological polar surface area (TPSA) is 0 Å². The summed E-state index contributed by atoms with van der Waals surface area (Å²) in [5, 5.41) is 0. The number of rotatable bonds is 4. The van der Waals surface area contributed by atoms with Crippen molar-refractivity contribution >= 4 is 0 Å². The van der Waals surface area contributed by atoms with Gasteiger partial charge >= 0.3 is 0 Å². The van der Waals surface area contributed by atoms with E-state index in [1.54, 1.807) is 0 Å². The van der Waals surface area contributed by atoms with Crippen molar-refractivity contribution in [1.82, 2.24) is 0 Å². The van der Waals surface area contributed by atoms with E-state index in [4.69, 9.17) is 6.42 Å². The molecule has 50 valence electrons. The normalized spacial score (nSPS) is 8.44. The lowest BCUT2D eigenvalue weighted by Gasteiger charge is -1.94. The lowest BCUT2D eigenvalue weighted by Crippen LogP contribution is -1.76. The quantitative estimate of drug-likeness (QED) is 0.397. The summed E-state index contributed by atoms with van der Waals surface area (Å²) in [5.74, 6) is 2.53. The molecule has 0 nitrogen and oxygen atoms in total. The van der Waals surface area contributed by atoms with Crippen molar-refractivity contribution in [2.24, 2.45) is 0 Å². The van der Waals surface area contributed by atoms with Crippen LogP contribution >= 0.6 is 0 Å². The third-order valence-corrected chi connectivity index (χ3v) is 1.29. The van der Waals surface area contributed by atoms with Gasteiger partial charge in [-0.05, 0) is 18.4 Å². The summed E-state index contributed by atoms with van der Waals surface area (Å²) in [6.07, 6.45) is 9.82. The van der Waals surface area contributed by atoms with Gasteiger partial charge in [-0.25, -0.2) is 0 Å². The van der Waals surface area contributed by atoms with Crippen LogP contribution in [0.15, 0.2) is 12.2 Å². The van der Waals surface area contributed by atoms with Gasteiger partial charge < -0.3 is 0 Å². The van der Waals surface area contributed by atoms with Gasteiger partial charge in [0.15, 0.2) is 0 Å². The van der Waals surface area contributed by atoms with Crippen LogP contribution in [0.1, 0.15) is 32.6 Å². The highest BCUT2D eigenvalue weighted by atomic mass is 13.9. The summed E-state index contributed by atoms with van der Waals surface area (Å²) < 4.78 is 0. The van der Waals surface area contributed by atoms with Gasteiger partial charge in [0.05, 0.1) is 0 Å². The molecule has 0 aromatic carbocycles. The van der Waals surface area contributed by atoms with Crippen LogP contribution in [0, 0.1) is 12.3 Å². The fourth-order valence-corrected chi connectivity index (χ4v) is 0.661. The predicted octanol–water partition coefficient (Wildman–Crippen LogP) is 2.76. The van der Waals surface area contributed by atoms with Crippen molar-refractivity contribution < 1.29 is 0 Å². The Kier molecular flexibility index (Phi) is 5.01. The summed E-state index contributed by atoms with van der Waals surface area (Å²) in [5.41, 5.74) is 0.934. The van der Waals surface area contributed by atoms with Gasteiger partial charge in [-0.2, -0.15) is 0 Å². The number of unbranched alkanes of at least 4 members (excludes halogenated alkanes) is 2. The van der Waals surface area contributed by atoms with Crippen LogP contribution in [-0.2, 0) is 0 Å². The second-order valence-corrected chi connectivity index (χ2v) is 2.20. The largest absolute Gasteiger partial charge is 0.115 e. The standard InChI is InChI=1S/C9H14/c1-4-6-7-8-9(3)5-2/h2H,3-4,6-8H2,1H3. The zero-order valence-corrected chi connectivity index (χ0v) is 6.11. The summed E-state index contributed by atoms with van der Waals surface area (Å²) in [7, 11) is 0. The molecule has 0 saturated carbocycles. The molecule has 0 atom stereocenters. The molecule has 0 spiro atoms. The van der Waals surface area contributed by atoms with Gasteiger partial charge in [-0.1, -0.05) is 32.3 Å². The fraction of sp³-hybridized carbons (Fsp3) is 0.556.